The van der Waals surface area contributed by atoms with Crippen molar-refractivity contribution >= 4 is 29.2 Å². The van der Waals surface area contributed by atoms with E-state index in [2.05, 4.69) is 17.2 Å². The number of aliphatic hydroxyl groups excluding tert-OH is 1. The summed E-state index contributed by atoms with van der Waals surface area (Å²) in [6, 6.07) is 11.6. The molecule has 1 aromatic carbocycles. The minimum atomic E-state index is -0.914. The molecule has 10 heteroatoms. The van der Waals surface area contributed by atoms with Crippen molar-refractivity contribution in [2.45, 2.75) is 85.1 Å². The number of aliphatic hydroxyl groups is 1. The van der Waals surface area contributed by atoms with Gasteiger partial charge in [-0.25, -0.2) is 4.79 Å². The molecule has 4 rings (SSSR count). The number of amides is 2. The van der Waals surface area contributed by atoms with Gasteiger partial charge in [-0.15, -0.1) is 10.2 Å². The molecule has 0 spiro atoms. The first-order valence-corrected chi connectivity index (χ1v) is 15.5. The molecule has 0 saturated carbocycles. The van der Waals surface area contributed by atoms with Crippen molar-refractivity contribution in [3.05, 3.63) is 76.4 Å². The number of imide groups is 1. The number of benzene rings is 1. The lowest BCUT2D eigenvalue weighted by atomic mass is 10.1. The van der Waals surface area contributed by atoms with Crippen LogP contribution in [0.5, 0.6) is 5.88 Å². The van der Waals surface area contributed by atoms with E-state index in [4.69, 9.17) is 4.74 Å². The Balaban J connectivity index is 1.72. The van der Waals surface area contributed by atoms with Gasteiger partial charge in [-0.1, -0.05) is 52.5 Å². The van der Waals surface area contributed by atoms with Gasteiger partial charge in [0.05, 0.1) is 22.5 Å². The van der Waals surface area contributed by atoms with Crippen molar-refractivity contribution in [1.29, 1.82) is 0 Å². The van der Waals surface area contributed by atoms with Gasteiger partial charge in [-0.05, 0) is 62.9 Å². The second-order valence-corrected chi connectivity index (χ2v) is 11.2. The fourth-order valence-electron chi connectivity index (χ4n) is 5.55. The molecule has 1 aliphatic heterocycles. The number of hydrogen-bond donors (Lipinski definition) is 1. The van der Waals surface area contributed by atoms with Gasteiger partial charge in [-0.2, -0.15) is 0 Å². The van der Waals surface area contributed by atoms with Crippen LogP contribution in [-0.2, 0) is 25.3 Å². The number of hydrogen-bond acceptors (Lipinski definition) is 7. The molecule has 0 radical (unpaired) electrons. The van der Waals surface area contributed by atoms with Gasteiger partial charge in [0.15, 0.2) is 5.76 Å². The Hall–Kier alpha value is -4.47. The van der Waals surface area contributed by atoms with Crippen molar-refractivity contribution in [2.75, 3.05) is 0 Å². The highest BCUT2D eigenvalue weighted by atomic mass is 16.5. The van der Waals surface area contributed by atoms with Crippen LogP contribution in [0.15, 0.2) is 58.4 Å². The molecule has 0 bridgehead atoms. The third-order valence-corrected chi connectivity index (χ3v) is 8.44. The number of azo groups is 1. The molecule has 1 N–H and O–H groups in total. The summed E-state index contributed by atoms with van der Waals surface area (Å²) < 4.78 is 9.16. The number of fused-ring (bicyclic) bond motifs is 1. The van der Waals surface area contributed by atoms with Crippen LogP contribution in [0.4, 0.5) is 5.69 Å². The first-order chi connectivity index (χ1) is 21.1. The summed E-state index contributed by atoms with van der Waals surface area (Å²) in [7, 11) is 3.59. The van der Waals surface area contributed by atoms with Gasteiger partial charge in [0.25, 0.3) is 11.8 Å². The molecule has 3 heterocycles. The molecule has 2 aromatic heterocycles. The highest BCUT2D eigenvalue weighted by molar-refractivity contribution is 6.23. The number of aromatic nitrogens is 2. The topological polar surface area (TPSA) is 118 Å². The molecule has 44 heavy (non-hydrogen) atoms. The molecule has 234 valence electrons. The van der Waals surface area contributed by atoms with Crippen LogP contribution < -0.4 is 4.74 Å². The second kappa shape index (κ2) is 14.3. The van der Waals surface area contributed by atoms with Gasteiger partial charge in [0.2, 0.25) is 11.6 Å². The average molecular weight is 602 g/mol. The summed E-state index contributed by atoms with van der Waals surface area (Å²) in [5, 5.41) is 19.9. The van der Waals surface area contributed by atoms with Crippen LogP contribution in [0.1, 0.15) is 104 Å². The van der Waals surface area contributed by atoms with E-state index in [0.29, 0.717) is 18.5 Å². The van der Waals surface area contributed by atoms with Gasteiger partial charge >= 0.3 is 5.97 Å². The molecule has 10 nitrogen and oxygen atoms in total. The number of carbonyl (C=O) groups is 3. The molecular weight excluding hydrogens is 558 g/mol. The fourth-order valence-corrected chi connectivity index (χ4v) is 5.55. The van der Waals surface area contributed by atoms with Crippen molar-refractivity contribution in [2.24, 2.45) is 24.3 Å². The lowest BCUT2D eigenvalue weighted by Crippen LogP contribution is -2.39. The van der Waals surface area contributed by atoms with Gasteiger partial charge in [0.1, 0.15) is 0 Å². The van der Waals surface area contributed by atoms with Crippen molar-refractivity contribution < 1.29 is 24.2 Å². The van der Waals surface area contributed by atoms with E-state index in [-0.39, 0.29) is 34.6 Å². The predicted molar refractivity (Wildman–Crippen MR) is 169 cm³/mol. The lowest BCUT2D eigenvalue weighted by Gasteiger charge is -2.23. The third-order valence-electron chi connectivity index (χ3n) is 8.44. The zero-order valence-electron chi connectivity index (χ0n) is 26.6. The van der Waals surface area contributed by atoms with Crippen molar-refractivity contribution in [3.8, 4) is 5.88 Å². The van der Waals surface area contributed by atoms with Gasteiger partial charge in [0, 0.05) is 37.6 Å². The summed E-state index contributed by atoms with van der Waals surface area (Å²) >= 11 is 0. The second-order valence-electron chi connectivity index (χ2n) is 11.2. The predicted octanol–water partition coefficient (Wildman–Crippen LogP) is 7.59. The van der Waals surface area contributed by atoms with Crippen molar-refractivity contribution in [3.63, 3.8) is 0 Å². The summed E-state index contributed by atoms with van der Waals surface area (Å²) in [6.07, 6.45) is 7.78. The maximum atomic E-state index is 13.5. The molecule has 1 aliphatic rings. The molecular formula is C34H43N5O5. The highest BCUT2D eigenvalue weighted by Crippen LogP contribution is 2.34. The number of nitrogens with zero attached hydrogens (tertiary/aromatic N) is 5. The Bertz CT molecular complexity index is 1590. The smallest absolute Gasteiger partial charge is 0.369 e. The summed E-state index contributed by atoms with van der Waals surface area (Å²) in [5.74, 6) is -1.87. The Labute approximate surface area is 259 Å². The van der Waals surface area contributed by atoms with E-state index in [1.165, 1.54) is 24.2 Å². The number of unbranched alkanes of at least 4 members (excludes halogenated alkanes) is 4. The lowest BCUT2D eigenvalue weighted by molar-refractivity contribution is -0.130. The van der Waals surface area contributed by atoms with Crippen LogP contribution >= 0.6 is 0 Å². The fraction of sp³-hybridized carbons (Fsp3) is 0.441. The van der Waals surface area contributed by atoms with Crippen LogP contribution in [0.25, 0.3) is 5.76 Å². The molecule has 3 aromatic rings. The first kappa shape index (κ1) is 32.4. The van der Waals surface area contributed by atoms with E-state index in [1.54, 1.807) is 48.0 Å². The maximum absolute atomic E-state index is 13.5. The van der Waals surface area contributed by atoms with E-state index in [1.807, 2.05) is 38.5 Å². The zero-order chi connectivity index (χ0) is 32.0. The summed E-state index contributed by atoms with van der Waals surface area (Å²) in [6.45, 7) is 7.92. The largest absolute Gasteiger partial charge is 0.504 e. The SMILES string of the molecule is CCCCCCCc1ccc(C(O)=C(N=Nc2cccc3c2C(=O)N(C(CC)CC)C3=O)C(=O)Oc2ccc(C)n2C)n1C. The highest BCUT2D eigenvalue weighted by Gasteiger charge is 2.40. The monoisotopic (exact) mass is 601 g/mol. The number of aryl methyl sites for hydroxylation is 2. The van der Waals surface area contributed by atoms with E-state index in [0.717, 1.165) is 30.7 Å². The Kier molecular flexibility index (Phi) is 10.6. The molecule has 0 atom stereocenters. The zero-order valence-corrected chi connectivity index (χ0v) is 26.6. The molecule has 2 amide bonds. The van der Waals surface area contributed by atoms with E-state index in [9.17, 15) is 19.5 Å². The van der Waals surface area contributed by atoms with Crippen LogP contribution in [0.3, 0.4) is 0 Å². The average Bonchev–Trinajstić information content (AvgIpc) is 3.63. The number of ether oxygens (including phenoxy) is 1. The van der Waals surface area contributed by atoms with Crippen LogP contribution in [0.2, 0.25) is 0 Å². The molecule has 0 aliphatic carbocycles. The number of rotatable bonds is 14. The first-order valence-electron chi connectivity index (χ1n) is 15.5. The molecule has 0 saturated heterocycles. The van der Waals surface area contributed by atoms with Crippen molar-refractivity contribution in [1.82, 2.24) is 14.0 Å². The number of carbonyl (C=O) groups excluding carboxylic acids is 3. The molecule has 0 fully saturated rings. The standard InChI is InChI=1S/C34H43N5O5/c1-7-10-11-12-13-15-24-19-20-27(38(24)6)31(40)30(34(43)44-28-21-18-22(4)37(28)5)36-35-26-17-14-16-25-29(26)33(42)39(32(25)41)23(8-2)9-3/h14,16-21,23,40H,7-13,15H2,1-6H3. The van der Waals surface area contributed by atoms with Gasteiger partial charge < -0.3 is 19.0 Å². The normalized spacial score (nSPS) is 13.8. The minimum Gasteiger partial charge on any atom is -0.504 e. The quantitative estimate of drug-likeness (QED) is 0.0510. The van der Waals surface area contributed by atoms with E-state index < -0.39 is 23.3 Å². The third kappa shape index (κ3) is 6.54. The van der Waals surface area contributed by atoms with E-state index >= 15 is 0 Å². The summed E-state index contributed by atoms with van der Waals surface area (Å²) in [5.41, 5.74) is 2.33. The Morgan fingerprint density at radius 1 is 0.909 bits per heavy atom. The Morgan fingerprint density at radius 3 is 2.30 bits per heavy atom. The van der Waals surface area contributed by atoms with Gasteiger partial charge in [-0.3, -0.25) is 14.5 Å². The maximum Gasteiger partial charge on any atom is 0.369 e. The number of esters is 1. The Morgan fingerprint density at radius 2 is 1.64 bits per heavy atom. The van der Waals surface area contributed by atoms with Crippen LogP contribution in [0, 0.1) is 6.92 Å². The molecule has 0 unspecified atom stereocenters. The van der Waals surface area contributed by atoms with Crippen LogP contribution in [-0.4, -0.2) is 43.0 Å². The minimum absolute atomic E-state index is 0.127. The summed E-state index contributed by atoms with van der Waals surface area (Å²) in [4.78, 5) is 41.4.